The Balaban J connectivity index is 2.17. The number of nitrogens with zero attached hydrogens (tertiary/aromatic N) is 1. The van der Waals surface area contributed by atoms with Gasteiger partial charge in [-0.3, -0.25) is 4.90 Å². The summed E-state index contributed by atoms with van der Waals surface area (Å²) in [5, 5.41) is 0. The Labute approximate surface area is 94.0 Å². The summed E-state index contributed by atoms with van der Waals surface area (Å²) >= 11 is 0. The van der Waals surface area contributed by atoms with E-state index in [9.17, 15) is 0 Å². The van der Waals surface area contributed by atoms with Crippen LogP contribution in [0.4, 0.5) is 0 Å². The third kappa shape index (κ3) is 2.21. The molecule has 0 aliphatic carbocycles. The van der Waals surface area contributed by atoms with Crippen LogP contribution in [0.1, 0.15) is 52.9 Å². The predicted octanol–water partition coefficient (Wildman–Crippen LogP) is 2.82. The molecule has 2 heteroatoms. The molecule has 0 aromatic carbocycles. The molecular weight excluding hydrogens is 186 g/mol. The fourth-order valence-corrected chi connectivity index (χ4v) is 3.39. The minimum Gasteiger partial charge on any atom is -0.380 e. The van der Waals surface area contributed by atoms with E-state index in [-0.39, 0.29) is 0 Å². The highest BCUT2D eigenvalue weighted by Gasteiger charge is 2.44. The Bertz CT molecular complexity index is 205. The Hall–Kier alpha value is -0.0800. The van der Waals surface area contributed by atoms with Crippen molar-refractivity contribution in [3.8, 4) is 0 Å². The van der Waals surface area contributed by atoms with Crippen LogP contribution in [0.25, 0.3) is 0 Å². The van der Waals surface area contributed by atoms with Crippen molar-refractivity contribution >= 4 is 0 Å². The topological polar surface area (TPSA) is 12.5 Å². The van der Waals surface area contributed by atoms with Crippen molar-refractivity contribution in [2.45, 2.75) is 64.0 Å². The fraction of sp³-hybridized carbons (Fsp3) is 1.00. The molecule has 0 amide bonds. The Morgan fingerprint density at radius 2 is 1.80 bits per heavy atom. The van der Waals surface area contributed by atoms with Gasteiger partial charge in [0.25, 0.3) is 0 Å². The summed E-state index contributed by atoms with van der Waals surface area (Å²) in [7, 11) is 0. The van der Waals surface area contributed by atoms with Gasteiger partial charge >= 0.3 is 0 Å². The monoisotopic (exact) mass is 211 g/mol. The van der Waals surface area contributed by atoms with Crippen molar-refractivity contribution in [3.05, 3.63) is 0 Å². The Kier molecular flexibility index (Phi) is 3.09. The molecule has 2 aliphatic heterocycles. The van der Waals surface area contributed by atoms with E-state index < -0.39 is 0 Å². The molecule has 2 fully saturated rings. The summed E-state index contributed by atoms with van der Waals surface area (Å²) in [5.41, 5.74) is 0.663. The lowest BCUT2D eigenvalue weighted by molar-refractivity contribution is -0.104. The van der Waals surface area contributed by atoms with Crippen LogP contribution in [0.15, 0.2) is 0 Å². The maximum atomic E-state index is 5.75. The average Bonchev–Trinajstić information content (AvgIpc) is 2.18. The van der Waals surface area contributed by atoms with E-state index in [4.69, 9.17) is 4.74 Å². The van der Waals surface area contributed by atoms with E-state index in [0.717, 1.165) is 13.2 Å². The number of rotatable bonds is 0. The number of hydrogen-bond acceptors (Lipinski definition) is 2. The van der Waals surface area contributed by atoms with Crippen LogP contribution < -0.4 is 0 Å². The Morgan fingerprint density at radius 1 is 1.07 bits per heavy atom. The number of piperidine rings is 1. The molecule has 2 nitrogen and oxygen atoms in total. The van der Waals surface area contributed by atoms with Crippen molar-refractivity contribution in [1.82, 2.24) is 4.90 Å². The molecule has 1 spiro atoms. The third-order valence-electron chi connectivity index (χ3n) is 3.96. The lowest BCUT2D eigenvalue weighted by Crippen LogP contribution is -2.62. The van der Waals surface area contributed by atoms with Crippen molar-refractivity contribution in [2.24, 2.45) is 0 Å². The molecule has 0 saturated carbocycles. The van der Waals surface area contributed by atoms with Crippen LogP contribution in [0, 0.1) is 0 Å². The second-order valence-electron chi connectivity index (χ2n) is 6.16. The van der Waals surface area contributed by atoms with Gasteiger partial charge in [-0.25, -0.2) is 0 Å². The molecule has 0 N–H and O–H groups in total. The van der Waals surface area contributed by atoms with Gasteiger partial charge in [0, 0.05) is 17.7 Å². The molecule has 2 heterocycles. The van der Waals surface area contributed by atoms with Crippen LogP contribution >= 0.6 is 0 Å². The maximum Gasteiger partial charge on any atom is 0.0650 e. The number of ether oxygens (including phenoxy) is 1. The molecule has 15 heavy (non-hydrogen) atoms. The van der Waals surface area contributed by atoms with E-state index in [1.165, 1.54) is 38.6 Å². The lowest BCUT2D eigenvalue weighted by atomic mass is 9.79. The predicted molar refractivity (Wildman–Crippen MR) is 63.1 cm³/mol. The lowest BCUT2D eigenvalue weighted by Gasteiger charge is -2.55. The minimum atomic E-state index is 0.293. The van der Waals surface area contributed by atoms with E-state index in [0.29, 0.717) is 11.1 Å². The molecular formula is C13H25NO. The fourth-order valence-electron chi connectivity index (χ4n) is 3.39. The van der Waals surface area contributed by atoms with Gasteiger partial charge in [-0.15, -0.1) is 0 Å². The van der Waals surface area contributed by atoms with Crippen molar-refractivity contribution < 1.29 is 4.74 Å². The molecule has 0 bridgehead atoms. The molecule has 2 rings (SSSR count). The first-order valence-electron chi connectivity index (χ1n) is 6.40. The minimum absolute atomic E-state index is 0.293. The molecule has 0 aromatic rings. The van der Waals surface area contributed by atoms with Crippen molar-refractivity contribution in [3.63, 3.8) is 0 Å². The molecule has 88 valence electrons. The van der Waals surface area contributed by atoms with Crippen LogP contribution in [0.2, 0.25) is 0 Å². The molecule has 2 saturated heterocycles. The first kappa shape index (κ1) is 11.4. The van der Waals surface area contributed by atoms with E-state index in [1.807, 2.05) is 0 Å². The highest BCUT2D eigenvalue weighted by atomic mass is 16.5. The average molecular weight is 211 g/mol. The van der Waals surface area contributed by atoms with E-state index >= 15 is 0 Å². The van der Waals surface area contributed by atoms with Gasteiger partial charge in [0.05, 0.1) is 6.61 Å². The summed E-state index contributed by atoms with van der Waals surface area (Å²) < 4.78 is 5.75. The molecule has 2 aliphatic rings. The van der Waals surface area contributed by atoms with Gasteiger partial charge in [-0.1, -0.05) is 6.42 Å². The summed E-state index contributed by atoms with van der Waals surface area (Å²) in [4.78, 5) is 2.71. The van der Waals surface area contributed by atoms with E-state index in [1.54, 1.807) is 0 Å². The van der Waals surface area contributed by atoms with Crippen LogP contribution in [0.5, 0.6) is 0 Å². The van der Waals surface area contributed by atoms with Gasteiger partial charge in [-0.05, 0) is 53.0 Å². The van der Waals surface area contributed by atoms with Crippen molar-refractivity contribution in [1.29, 1.82) is 0 Å². The van der Waals surface area contributed by atoms with Gasteiger partial charge in [0.1, 0.15) is 0 Å². The van der Waals surface area contributed by atoms with Crippen LogP contribution in [-0.2, 0) is 4.74 Å². The van der Waals surface area contributed by atoms with Crippen LogP contribution in [-0.4, -0.2) is 35.7 Å². The molecule has 0 aromatic heterocycles. The largest absolute Gasteiger partial charge is 0.380 e. The molecule has 1 atom stereocenters. The summed E-state index contributed by atoms with van der Waals surface area (Å²) in [6.07, 6.45) is 6.66. The highest BCUT2D eigenvalue weighted by molar-refractivity contribution is 4.99. The summed E-state index contributed by atoms with van der Waals surface area (Å²) in [5.74, 6) is 0. The maximum absolute atomic E-state index is 5.75. The Morgan fingerprint density at radius 3 is 2.40 bits per heavy atom. The van der Waals surface area contributed by atoms with Gasteiger partial charge in [-0.2, -0.15) is 0 Å². The summed E-state index contributed by atoms with van der Waals surface area (Å²) in [6.45, 7) is 10.2. The number of likely N-dealkylation sites (tertiary alicyclic amines) is 1. The zero-order valence-electron chi connectivity index (χ0n) is 10.5. The second-order valence-corrected chi connectivity index (χ2v) is 6.16. The van der Waals surface area contributed by atoms with Gasteiger partial charge < -0.3 is 4.74 Å². The third-order valence-corrected chi connectivity index (χ3v) is 3.96. The molecule has 0 radical (unpaired) electrons. The zero-order chi connectivity index (χ0) is 10.9. The second kappa shape index (κ2) is 4.06. The first-order chi connectivity index (χ1) is 7.05. The quantitative estimate of drug-likeness (QED) is 0.611. The SMILES string of the molecule is CC(C)(C)N1CCCCC12CCCOC2. The smallest absolute Gasteiger partial charge is 0.0650 e. The van der Waals surface area contributed by atoms with Gasteiger partial charge in [0.2, 0.25) is 0 Å². The summed E-state index contributed by atoms with van der Waals surface area (Å²) in [6, 6.07) is 0. The van der Waals surface area contributed by atoms with E-state index in [2.05, 4.69) is 25.7 Å². The standard InChI is InChI=1S/C13H25NO/c1-12(2,3)14-9-5-4-7-13(14)8-6-10-15-11-13/h4-11H2,1-3H3. The van der Waals surface area contributed by atoms with Crippen molar-refractivity contribution in [2.75, 3.05) is 19.8 Å². The number of hydrogen-bond donors (Lipinski definition) is 0. The molecule has 1 unspecified atom stereocenters. The normalized spacial score (nSPS) is 34.6. The zero-order valence-corrected chi connectivity index (χ0v) is 10.5. The van der Waals surface area contributed by atoms with Gasteiger partial charge in [0.15, 0.2) is 0 Å². The van der Waals surface area contributed by atoms with Crippen LogP contribution in [0.3, 0.4) is 0 Å². The first-order valence-corrected chi connectivity index (χ1v) is 6.40. The highest BCUT2D eigenvalue weighted by Crippen LogP contribution is 2.39.